The number of aliphatic hydroxyl groups is 1. The molecule has 5 nitrogen and oxygen atoms in total. The average Bonchev–Trinajstić information content (AvgIpc) is 2.74. The van der Waals surface area contributed by atoms with Gasteiger partial charge in [0.2, 0.25) is 10.0 Å². The van der Waals surface area contributed by atoms with Crippen LogP contribution in [-0.4, -0.2) is 30.4 Å². The molecular weight excluding hydrogens is 266 g/mol. The van der Waals surface area contributed by atoms with E-state index in [0.29, 0.717) is 18.2 Å². The molecule has 0 saturated carbocycles. The zero-order chi connectivity index (χ0) is 14.2. The lowest BCUT2D eigenvalue weighted by Gasteiger charge is -2.36. The molecule has 0 spiro atoms. The van der Waals surface area contributed by atoms with Gasteiger partial charge in [-0.2, -0.15) is 4.31 Å². The molecule has 0 amide bonds. The molecular formula is C13H21NO4S. The molecule has 0 aromatic carbocycles. The first kappa shape index (κ1) is 14.6. The van der Waals surface area contributed by atoms with Gasteiger partial charge in [-0.1, -0.05) is 6.92 Å². The van der Waals surface area contributed by atoms with Crippen LogP contribution in [0.2, 0.25) is 0 Å². The van der Waals surface area contributed by atoms with Crippen molar-refractivity contribution in [3.05, 3.63) is 17.6 Å². The summed E-state index contributed by atoms with van der Waals surface area (Å²) < 4.78 is 32.2. The second kappa shape index (κ2) is 5.26. The molecule has 0 aliphatic carbocycles. The average molecular weight is 287 g/mol. The maximum Gasteiger partial charge on any atom is 0.246 e. The highest BCUT2D eigenvalue weighted by atomic mass is 32.2. The lowest BCUT2D eigenvalue weighted by molar-refractivity contribution is 0.202. The lowest BCUT2D eigenvalue weighted by Crippen LogP contribution is -2.45. The molecule has 2 rings (SSSR count). The molecule has 2 heterocycles. The van der Waals surface area contributed by atoms with Gasteiger partial charge in [-0.15, -0.1) is 0 Å². The maximum atomic E-state index is 12.7. The molecule has 1 aromatic heterocycles. The van der Waals surface area contributed by atoms with Crippen molar-refractivity contribution >= 4 is 10.0 Å². The molecule has 0 radical (unpaired) electrons. The first-order valence-electron chi connectivity index (χ1n) is 6.60. The van der Waals surface area contributed by atoms with E-state index in [2.05, 4.69) is 6.92 Å². The molecule has 1 aliphatic rings. The van der Waals surface area contributed by atoms with E-state index in [1.807, 2.05) is 6.92 Å². The zero-order valence-corrected chi connectivity index (χ0v) is 12.4. The smallest absolute Gasteiger partial charge is 0.246 e. The summed E-state index contributed by atoms with van der Waals surface area (Å²) in [5.41, 5.74) is 0. The Balaban J connectivity index is 2.38. The van der Waals surface area contributed by atoms with Gasteiger partial charge in [0.25, 0.3) is 0 Å². The number of aryl methyl sites for hydroxylation is 1. The van der Waals surface area contributed by atoms with Crippen LogP contribution in [-0.2, 0) is 16.6 Å². The van der Waals surface area contributed by atoms with E-state index in [1.165, 1.54) is 6.07 Å². The minimum atomic E-state index is -3.54. The molecule has 1 aliphatic heterocycles. The topological polar surface area (TPSA) is 70.8 Å². The number of piperidine rings is 1. The third kappa shape index (κ3) is 2.57. The van der Waals surface area contributed by atoms with Crippen LogP contribution in [0, 0.1) is 12.8 Å². The number of rotatable bonds is 3. The second-order valence-corrected chi connectivity index (χ2v) is 7.13. The van der Waals surface area contributed by atoms with Crippen molar-refractivity contribution in [2.75, 3.05) is 6.54 Å². The highest BCUT2D eigenvalue weighted by Gasteiger charge is 2.36. The van der Waals surface area contributed by atoms with Gasteiger partial charge in [0, 0.05) is 18.7 Å². The van der Waals surface area contributed by atoms with Gasteiger partial charge >= 0.3 is 0 Å². The van der Waals surface area contributed by atoms with Crippen molar-refractivity contribution < 1.29 is 17.9 Å². The third-order valence-corrected chi connectivity index (χ3v) is 6.08. The molecule has 1 aromatic rings. The molecule has 1 fully saturated rings. The number of nitrogens with zero attached hydrogens (tertiary/aromatic N) is 1. The fraction of sp³-hybridized carbons (Fsp3) is 0.692. The predicted octanol–water partition coefficient (Wildman–Crippen LogP) is 1.89. The summed E-state index contributed by atoms with van der Waals surface area (Å²) in [5, 5.41) is 9.04. The summed E-state index contributed by atoms with van der Waals surface area (Å²) in [7, 11) is -3.54. The number of hydrogen-bond acceptors (Lipinski definition) is 4. The highest BCUT2D eigenvalue weighted by Crippen LogP contribution is 2.31. The maximum absolute atomic E-state index is 12.7. The number of hydrogen-bond donors (Lipinski definition) is 1. The van der Waals surface area contributed by atoms with Gasteiger partial charge in [-0.25, -0.2) is 8.42 Å². The number of aliphatic hydroxyl groups excluding tert-OH is 1. The molecule has 2 atom stereocenters. The van der Waals surface area contributed by atoms with E-state index in [9.17, 15) is 8.42 Å². The lowest BCUT2D eigenvalue weighted by atomic mass is 9.94. The molecule has 2 unspecified atom stereocenters. The van der Waals surface area contributed by atoms with Crippen LogP contribution in [0.15, 0.2) is 15.4 Å². The number of sulfonamides is 1. The van der Waals surface area contributed by atoms with Crippen LogP contribution in [0.3, 0.4) is 0 Å². The summed E-state index contributed by atoms with van der Waals surface area (Å²) in [6.45, 7) is 5.90. The van der Waals surface area contributed by atoms with Gasteiger partial charge < -0.3 is 9.52 Å². The van der Waals surface area contributed by atoms with Crippen LogP contribution < -0.4 is 0 Å². The summed E-state index contributed by atoms with van der Waals surface area (Å²) in [6, 6.07) is 1.42. The Kier molecular flexibility index (Phi) is 4.03. The Bertz CT molecular complexity index is 549. The van der Waals surface area contributed by atoms with Crippen LogP contribution in [0.25, 0.3) is 0 Å². The zero-order valence-electron chi connectivity index (χ0n) is 11.6. The van der Waals surface area contributed by atoms with Gasteiger partial charge in [0.05, 0.1) is 0 Å². The largest absolute Gasteiger partial charge is 0.462 e. The first-order valence-corrected chi connectivity index (χ1v) is 8.04. The molecule has 19 heavy (non-hydrogen) atoms. The van der Waals surface area contributed by atoms with Crippen LogP contribution in [0.5, 0.6) is 0 Å². The highest BCUT2D eigenvalue weighted by molar-refractivity contribution is 7.89. The van der Waals surface area contributed by atoms with E-state index >= 15 is 0 Å². The quantitative estimate of drug-likeness (QED) is 0.921. The Hall–Kier alpha value is -0.850. The molecule has 1 N–H and O–H groups in total. The molecule has 0 bridgehead atoms. The Labute approximate surface area is 114 Å². The Morgan fingerprint density at radius 2 is 2.16 bits per heavy atom. The van der Waals surface area contributed by atoms with Crippen LogP contribution >= 0.6 is 0 Å². The van der Waals surface area contributed by atoms with Crippen molar-refractivity contribution in [1.82, 2.24) is 4.31 Å². The van der Waals surface area contributed by atoms with Crippen molar-refractivity contribution in [2.24, 2.45) is 5.92 Å². The summed E-state index contributed by atoms with van der Waals surface area (Å²) in [4.78, 5) is 0.178. The third-order valence-electron chi connectivity index (χ3n) is 3.98. The first-order chi connectivity index (χ1) is 8.87. The second-order valence-electron chi connectivity index (χ2n) is 5.27. The van der Waals surface area contributed by atoms with E-state index in [0.717, 1.165) is 12.8 Å². The monoisotopic (exact) mass is 287 g/mol. The SMILES string of the molecule is Cc1oc(CO)cc1S(=O)(=O)N1CCCC(C)C1C. The van der Waals surface area contributed by atoms with E-state index < -0.39 is 10.0 Å². The van der Waals surface area contributed by atoms with E-state index in [-0.39, 0.29) is 23.3 Å². The summed E-state index contributed by atoms with van der Waals surface area (Å²) in [5.74, 6) is 0.983. The van der Waals surface area contributed by atoms with E-state index in [1.54, 1.807) is 11.2 Å². The summed E-state index contributed by atoms with van der Waals surface area (Å²) >= 11 is 0. The van der Waals surface area contributed by atoms with Crippen molar-refractivity contribution in [2.45, 2.75) is 51.2 Å². The minimum Gasteiger partial charge on any atom is -0.462 e. The molecule has 6 heteroatoms. The van der Waals surface area contributed by atoms with Gasteiger partial charge in [0.15, 0.2) is 0 Å². The fourth-order valence-corrected chi connectivity index (χ4v) is 4.57. The normalized spacial score (nSPS) is 25.7. The van der Waals surface area contributed by atoms with Crippen LogP contribution in [0.4, 0.5) is 0 Å². The Morgan fingerprint density at radius 3 is 2.74 bits per heavy atom. The van der Waals surface area contributed by atoms with Crippen molar-refractivity contribution in [3.8, 4) is 0 Å². The van der Waals surface area contributed by atoms with Crippen molar-refractivity contribution in [1.29, 1.82) is 0 Å². The van der Waals surface area contributed by atoms with E-state index in [4.69, 9.17) is 9.52 Å². The fourth-order valence-electron chi connectivity index (χ4n) is 2.62. The standard InChI is InChI=1S/C13H21NO4S/c1-9-5-4-6-14(10(9)2)19(16,17)13-7-12(8-15)18-11(13)3/h7,9-10,15H,4-6,8H2,1-3H3. The van der Waals surface area contributed by atoms with Gasteiger partial charge in [-0.05, 0) is 32.6 Å². The Morgan fingerprint density at radius 1 is 1.47 bits per heavy atom. The van der Waals surface area contributed by atoms with Crippen molar-refractivity contribution in [3.63, 3.8) is 0 Å². The summed E-state index contributed by atoms with van der Waals surface area (Å²) in [6.07, 6.45) is 1.94. The predicted molar refractivity (Wildman–Crippen MR) is 71.1 cm³/mol. The molecule has 1 saturated heterocycles. The molecule has 108 valence electrons. The minimum absolute atomic E-state index is 0.00868. The van der Waals surface area contributed by atoms with Gasteiger partial charge in [0.1, 0.15) is 23.0 Å². The number of furan rings is 1. The van der Waals surface area contributed by atoms with Crippen LogP contribution in [0.1, 0.15) is 38.2 Å². The van der Waals surface area contributed by atoms with Gasteiger partial charge in [-0.3, -0.25) is 0 Å².